The SMILES string of the molecule is COCn1c(=O)sc2cc(C(C)c3ccn(-c4ccc(CO)cn4)n3)ccc21. The quantitative estimate of drug-likeness (QED) is 0.542. The number of fused-ring (bicyclic) bond motifs is 1. The summed E-state index contributed by atoms with van der Waals surface area (Å²) in [5.41, 5.74) is 3.65. The maximum absolute atomic E-state index is 12.1. The average molecular weight is 396 g/mol. The smallest absolute Gasteiger partial charge is 0.310 e. The van der Waals surface area contributed by atoms with Crippen molar-refractivity contribution < 1.29 is 9.84 Å². The highest BCUT2D eigenvalue weighted by Gasteiger charge is 2.15. The molecule has 0 bridgehead atoms. The standard InChI is InChI=1S/C20H20N4O3S/c1-13(15-4-5-17-18(9-15)28-20(26)23(17)12-27-2)16-7-8-24(22-16)19-6-3-14(11-25)10-21-19/h3-10,13,25H,11-12H2,1-2H3. The monoisotopic (exact) mass is 396 g/mol. The molecule has 0 aliphatic rings. The van der Waals surface area contributed by atoms with Crippen LogP contribution in [0, 0.1) is 0 Å². The molecule has 144 valence electrons. The number of aromatic nitrogens is 4. The number of nitrogens with zero attached hydrogens (tertiary/aromatic N) is 4. The van der Waals surface area contributed by atoms with Crippen LogP contribution >= 0.6 is 11.3 Å². The molecule has 1 N–H and O–H groups in total. The molecule has 0 amide bonds. The lowest BCUT2D eigenvalue weighted by molar-refractivity contribution is 0.133. The molecule has 0 radical (unpaired) electrons. The molecule has 1 aromatic carbocycles. The zero-order chi connectivity index (χ0) is 19.7. The third kappa shape index (κ3) is 3.37. The van der Waals surface area contributed by atoms with Crippen LogP contribution in [-0.4, -0.2) is 31.5 Å². The summed E-state index contributed by atoms with van der Waals surface area (Å²) < 4.78 is 9.41. The van der Waals surface area contributed by atoms with Gasteiger partial charge in [0, 0.05) is 25.4 Å². The maximum Gasteiger partial charge on any atom is 0.310 e. The number of pyridine rings is 1. The first-order chi connectivity index (χ1) is 13.6. The summed E-state index contributed by atoms with van der Waals surface area (Å²) in [5, 5.41) is 13.8. The van der Waals surface area contributed by atoms with Crippen molar-refractivity contribution in [1.29, 1.82) is 0 Å². The van der Waals surface area contributed by atoms with Gasteiger partial charge < -0.3 is 9.84 Å². The minimum atomic E-state index is -0.0324. The van der Waals surface area contributed by atoms with Gasteiger partial charge in [-0.15, -0.1) is 0 Å². The van der Waals surface area contributed by atoms with Crippen LogP contribution in [0.3, 0.4) is 0 Å². The van der Waals surface area contributed by atoms with Crippen LogP contribution in [0.2, 0.25) is 0 Å². The van der Waals surface area contributed by atoms with Crippen LogP contribution in [0.5, 0.6) is 0 Å². The lowest BCUT2D eigenvalue weighted by Crippen LogP contribution is -2.13. The second-order valence-corrected chi connectivity index (χ2v) is 7.52. The molecule has 28 heavy (non-hydrogen) atoms. The Hall–Kier alpha value is -2.81. The average Bonchev–Trinajstić information content (AvgIpc) is 3.33. The summed E-state index contributed by atoms with van der Waals surface area (Å²) in [6.45, 7) is 2.31. The Balaban J connectivity index is 1.63. The van der Waals surface area contributed by atoms with E-state index in [1.807, 2.05) is 42.6 Å². The summed E-state index contributed by atoms with van der Waals surface area (Å²) in [4.78, 5) is 16.5. The molecule has 7 nitrogen and oxygen atoms in total. The van der Waals surface area contributed by atoms with Crippen molar-refractivity contribution in [2.75, 3.05) is 7.11 Å². The highest BCUT2D eigenvalue weighted by atomic mass is 32.1. The summed E-state index contributed by atoms with van der Waals surface area (Å²) in [5.74, 6) is 0.761. The molecule has 4 aromatic rings. The van der Waals surface area contributed by atoms with Gasteiger partial charge in [-0.05, 0) is 35.4 Å². The van der Waals surface area contributed by atoms with Gasteiger partial charge in [-0.1, -0.05) is 30.4 Å². The van der Waals surface area contributed by atoms with Crippen LogP contribution in [0.1, 0.15) is 29.7 Å². The van der Waals surface area contributed by atoms with E-state index in [0.29, 0.717) is 5.82 Å². The molecule has 0 aliphatic heterocycles. The minimum absolute atomic E-state index is 0.0247. The van der Waals surface area contributed by atoms with Crippen molar-refractivity contribution in [2.24, 2.45) is 0 Å². The molecule has 1 atom stereocenters. The molecular formula is C20H20N4O3S. The van der Waals surface area contributed by atoms with Gasteiger partial charge in [0.1, 0.15) is 6.73 Å². The molecule has 3 aromatic heterocycles. The predicted octanol–water partition coefficient (Wildman–Crippen LogP) is 2.89. The van der Waals surface area contributed by atoms with Gasteiger partial charge in [0.05, 0.1) is 22.5 Å². The van der Waals surface area contributed by atoms with Gasteiger partial charge in [-0.2, -0.15) is 5.10 Å². The van der Waals surface area contributed by atoms with Gasteiger partial charge >= 0.3 is 4.87 Å². The Morgan fingerprint density at radius 1 is 1.25 bits per heavy atom. The van der Waals surface area contributed by atoms with Gasteiger partial charge in [0.15, 0.2) is 5.82 Å². The molecule has 3 heterocycles. The molecular weight excluding hydrogens is 376 g/mol. The molecule has 0 aliphatic carbocycles. The van der Waals surface area contributed by atoms with E-state index >= 15 is 0 Å². The normalized spacial score (nSPS) is 12.5. The Kier molecular flexibility index (Phi) is 5.08. The molecule has 8 heteroatoms. The fourth-order valence-corrected chi connectivity index (χ4v) is 4.04. The number of ether oxygens (including phenoxy) is 1. The molecule has 0 fully saturated rings. The van der Waals surface area contributed by atoms with Crippen molar-refractivity contribution >= 4 is 21.6 Å². The minimum Gasteiger partial charge on any atom is -0.392 e. The van der Waals surface area contributed by atoms with E-state index in [-0.39, 0.29) is 24.1 Å². The second kappa shape index (κ2) is 7.67. The fraction of sp³-hybridized carbons (Fsp3) is 0.250. The van der Waals surface area contributed by atoms with Gasteiger partial charge in [0.2, 0.25) is 0 Å². The highest BCUT2D eigenvalue weighted by Crippen LogP contribution is 2.27. The second-order valence-electron chi connectivity index (χ2n) is 6.53. The van der Waals surface area contributed by atoms with E-state index < -0.39 is 0 Å². The lowest BCUT2D eigenvalue weighted by atomic mass is 9.98. The molecule has 4 rings (SSSR count). The number of benzene rings is 1. The number of aliphatic hydroxyl groups is 1. The van der Waals surface area contributed by atoms with E-state index in [2.05, 4.69) is 17.0 Å². The Labute approximate surface area is 165 Å². The van der Waals surface area contributed by atoms with Gasteiger partial charge in [-0.3, -0.25) is 9.36 Å². The van der Waals surface area contributed by atoms with Crippen LogP contribution < -0.4 is 4.87 Å². The number of methoxy groups -OCH3 is 1. The van der Waals surface area contributed by atoms with Crippen LogP contribution in [0.15, 0.2) is 53.6 Å². The van der Waals surface area contributed by atoms with Crippen LogP contribution in [0.25, 0.3) is 16.0 Å². The third-order valence-electron chi connectivity index (χ3n) is 4.73. The fourth-order valence-electron chi connectivity index (χ4n) is 3.12. The number of aliphatic hydroxyl groups excluding tert-OH is 1. The largest absolute Gasteiger partial charge is 0.392 e. The van der Waals surface area contributed by atoms with Crippen LogP contribution in [0.4, 0.5) is 0 Å². The highest BCUT2D eigenvalue weighted by molar-refractivity contribution is 7.16. The maximum atomic E-state index is 12.1. The number of hydrogen-bond acceptors (Lipinski definition) is 6. The Morgan fingerprint density at radius 2 is 2.11 bits per heavy atom. The molecule has 0 saturated heterocycles. The van der Waals surface area contributed by atoms with Crippen molar-refractivity contribution in [1.82, 2.24) is 19.3 Å². The number of rotatable bonds is 6. The first-order valence-electron chi connectivity index (χ1n) is 8.84. The van der Waals surface area contributed by atoms with E-state index in [4.69, 9.17) is 9.84 Å². The molecule has 0 spiro atoms. The van der Waals surface area contributed by atoms with E-state index in [9.17, 15) is 4.79 Å². The molecule has 0 saturated carbocycles. The van der Waals surface area contributed by atoms with Crippen molar-refractivity contribution in [2.45, 2.75) is 26.2 Å². The number of thiazole rings is 1. The van der Waals surface area contributed by atoms with E-state index in [1.165, 1.54) is 11.3 Å². The van der Waals surface area contributed by atoms with E-state index in [0.717, 1.165) is 27.0 Å². The van der Waals surface area contributed by atoms with Gasteiger partial charge in [0.25, 0.3) is 0 Å². The van der Waals surface area contributed by atoms with Crippen molar-refractivity contribution in [3.05, 3.63) is 75.3 Å². The number of hydrogen-bond donors (Lipinski definition) is 1. The van der Waals surface area contributed by atoms with Crippen LogP contribution in [-0.2, 0) is 18.1 Å². The lowest BCUT2D eigenvalue weighted by Gasteiger charge is -2.10. The van der Waals surface area contributed by atoms with Crippen molar-refractivity contribution in [3.8, 4) is 5.82 Å². The topological polar surface area (TPSA) is 82.2 Å². The third-order valence-corrected chi connectivity index (χ3v) is 5.67. The van der Waals surface area contributed by atoms with Gasteiger partial charge in [-0.25, -0.2) is 9.67 Å². The zero-order valence-corrected chi connectivity index (χ0v) is 16.4. The Morgan fingerprint density at radius 3 is 2.82 bits per heavy atom. The first kappa shape index (κ1) is 18.5. The zero-order valence-electron chi connectivity index (χ0n) is 15.6. The van der Waals surface area contributed by atoms with E-state index in [1.54, 1.807) is 22.6 Å². The first-order valence-corrected chi connectivity index (χ1v) is 9.66. The summed E-state index contributed by atoms with van der Waals surface area (Å²) >= 11 is 1.22. The predicted molar refractivity (Wildman–Crippen MR) is 108 cm³/mol. The molecule has 1 unspecified atom stereocenters. The Bertz CT molecular complexity index is 1160. The summed E-state index contributed by atoms with van der Waals surface area (Å²) in [6, 6.07) is 11.7. The van der Waals surface area contributed by atoms with Crippen molar-refractivity contribution in [3.63, 3.8) is 0 Å². The summed E-state index contributed by atoms with van der Waals surface area (Å²) in [6.07, 6.45) is 3.51. The summed E-state index contributed by atoms with van der Waals surface area (Å²) in [7, 11) is 1.58.